The normalized spacial score (nSPS) is 10.2. The van der Waals surface area contributed by atoms with E-state index in [4.69, 9.17) is 0 Å². The van der Waals surface area contributed by atoms with Crippen LogP contribution in [-0.4, -0.2) is 43.6 Å². The smallest absolute Gasteiger partial charge is 0.235 e. The Balaban J connectivity index is 2.01. The quantitative estimate of drug-likeness (QED) is 0.693. The van der Waals surface area contributed by atoms with Gasteiger partial charge in [0.2, 0.25) is 11.8 Å². The maximum atomic E-state index is 11.5. The van der Waals surface area contributed by atoms with Gasteiger partial charge in [-0.2, -0.15) is 10.2 Å². The number of aryl methyl sites for hydroxylation is 1. The van der Waals surface area contributed by atoms with Gasteiger partial charge in [-0.1, -0.05) is 0 Å². The predicted octanol–water partition coefficient (Wildman–Crippen LogP) is -0.925. The van der Waals surface area contributed by atoms with Crippen LogP contribution >= 0.6 is 0 Å². The lowest BCUT2D eigenvalue weighted by Crippen LogP contribution is -2.25. The molecule has 0 unspecified atom stereocenters. The number of hydrogen-bond acceptors (Lipinski definition) is 5. The fraction of sp³-hybridized carbons (Fsp3) is 0.300. The predicted molar refractivity (Wildman–Crippen MR) is 65.4 cm³/mol. The largest absolute Gasteiger partial charge is 0.359 e. The van der Waals surface area contributed by atoms with E-state index in [1.54, 1.807) is 24.1 Å². The van der Waals surface area contributed by atoms with Gasteiger partial charge < -0.3 is 10.6 Å². The van der Waals surface area contributed by atoms with Gasteiger partial charge in [0.05, 0.1) is 18.6 Å². The molecule has 0 radical (unpaired) electrons. The summed E-state index contributed by atoms with van der Waals surface area (Å²) in [5.74, 6) is -0.535. The number of carbonyl (C=O) groups excluding carboxylic acids is 2. The van der Waals surface area contributed by atoms with E-state index in [1.807, 2.05) is 0 Å². The number of hydrogen-bond donors (Lipinski definition) is 2. The second-order valence-corrected chi connectivity index (χ2v) is 3.79. The number of aromatic nitrogens is 5. The highest BCUT2D eigenvalue weighted by Crippen LogP contribution is 2.06. The Kier molecular flexibility index (Phi) is 3.55. The van der Waals surface area contributed by atoms with Crippen LogP contribution in [-0.2, 0) is 16.6 Å². The Labute approximate surface area is 108 Å². The van der Waals surface area contributed by atoms with Crippen LogP contribution in [0.1, 0.15) is 6.42 Å². The van der Waals surface area contributed by atoms with Gasteiger partial charge in [-0.3, -0.25) is 14.3 Å². The minimum absolute atomic E-state index is 0.254. The van der Waals surface area contributed by atoms with Crippen molar-refractivity contribution in [3.8, 4) is 5.69 Å². The molecule has 100 valence electrons. The topological polar surface area (TPSA) is 107 Å². The Morgan fingerprint density at radius 2 is 2.05 bits per heavy atom. The molecule has 0 saturated carbocycles. The van der Waals surface area contributed by atoms with Crippen LogP contribution in [0.4, 0.5) is 5.82 Å². The third kappa shape index (κ3) is 3.15. The van der Waals surface area contributed by atoms with E-state index in [0.29, 0.717) is 5.69 Å². The molecule has 0 atom stereocenters. The molecule has 0 aromatic carbocycles. The molecule has 0 aliphatic carbocycles. The van der Waals surface area contributed by atoms with Crippen LogP contribution < -0.4 is 10.6 Å². The molecule has 2 amide bonds. The number of amides is 2. The molecule has 9 nitrogen and oxygen atoms in total. The first-order valence-corrected chi connectivity index (χ1v) is 5.50. The van der Waals surface area contributed by atoms with E-state index >= 15 is 0 Å². The van der Waals surface area contributed by atoms with Crippen LogP contribution in [0.3, 0.4) is 0 Å². The van der Waals surface area contributed by atoms with Crippen LogP contribution in [0.2, 0.25) is 0 Å². The van der Waals surface area contributed by atoms with Crippen molar-refractivity contribution in [2.45, 2.75) is 6.42 Å². The van der Waals surface area contributed by atoms with E-state index in [9.17, 15) is 9.59 Å². The molecular weight excluding hydrogens is 250 g/mol. The maximum absolute atomic E-state index is 11.5. The Bertz CT molecular complexity index is 601. The van der Waals surface area contributed by atoms with Crippen molar-refractivity contribution in [3.05, 3.63) is 18.6 Å². The van der Waals surface area contributed by atoms with Crippen molar-refractivity contribution in [2.75, 3.05) is 12.4 Å². The molecule has 0 saturated heterocycles. The molecule has 9 heteroatoms. The molecule has 2 heterocycles. The first kappa shape index (κ1) is 12.7. The molecule has 0 aliphatic heterocycles. The first-order valence-electron chi connectivity index (χ1n) is 5.50. The summed E-state index contributed by atoms with van der Waals surface area (Å²) in [6.07, 6.45) is 4.47. The van der Waals surface area contributed by atoms with E-state index < -0.39 is 5.91 Å². The summed E-state index contributed by atoms with van der Waals surface area (Å²) in [6, 6.07) is 0. The van der Waals surface area contributed by atoms with Gasteiger partial charge in [0.1, 0.15) is 12.1 Å². The summed E-state index contributed by atoms with van der Waals surface area (Å²) < 4.78 is 1.61. The molecule has 0 bridgehead atoms. The van der Waals surface area contributed by atoms with E-state index in [-0.39, 0.29) is 18.1 Å². The monoisotopic (exact) mass is 263 g/mol. The van der Waals surface area contributed by atoms with E-state index in [1.165, 1.54) is 18.0 Å². The summed E-state index contributed by atoms with van der Waals surface area (Å²) in [6.45, 7) is 0. The Morgan fingerprint density at radius 3 is 2.68 bits per heavy atom. The average molecular weight is 263 g/mol. The number of nitrogens with one attached hydrogen (secondary N) is 2. The van der Waals surface area contributed by atoms with Gasteiger partial charge in [-0.15, -0.1) is 9.90 Å². The van der Waals surface area contributed by atoms with Gasteiger partial charge in [-0.25, -0.2) is 0 Å². The number of rotatable bonds is 4. The van der Waals surface area contributed by atoms with Crippen molar-refractivity contribution in [2.24, 2.45) is 7.05 Å². The highest BCUT2D eigenvalue weighted by molar-refractivity contribution is 6.02. The van der Waals surface area contributed by atoms with Crippen LogP contribution in [0.5, 0.6) is 0 Å². The highest BCUT2D eigenvalue weighted by atomic mass is 16.2. The van der Waals surface area contributed by atoms with Gasteiger partial charge in [0, 0.05) is 14.1 Å². The van der Waals surface area contributed by atoms with E-state index in [0.717, 1.165) is 0 Å². The zero-order valence-electron chi connectivity index (χ0n) is 10.5. The number of nitrogens with zero attached hydrogens (tertiary/aromatic N) is 5. The lowest BCUT2D eigenvalue weighted by molar-refractivity contribution is -0.126. The van der Waals surface area contributed by atoms with Crippen molar-refractivity contribution < 1.29 is 9.59 Å². The second-order valence-electron chi connectivity index (χ2n) is 3.79. The minimum atomic E-state index is -0.447. The third-order valence-electron chi connectivity index (χ3n) is 2.28. The zero-order valence-corrected chi connectivity index (χ0v) is 10.5. The lowest BCUT2D eigenvalue weighted by atomic mass is 10.4. The Hall–Kier alpha value is -2.71. The van der Waals surface area contributed by atoms with Crippen molar-refractivity contribution in [1.82, 2.24) is 30.1 Å². The summed E-state index contributed by atoms with van der Waals surface area (Å²) in [7, 11) is 3.24. The highest BCUT2D eigenvalue weighted by Gasteiger charge is 2.10. The Morgan fingerprint density at radius 1 is 1.26 bits per heavy atom. The van der Waals surface area contributed by atoms with Gasteiger partial charge in [-0.05, 0) is 0 Å². The van der Waals surface area contributed by atoms with Crippen molar-refractivity contribution in [1.29, 1.82) is 0 Å². The van der Waals surface area contributed by atoms with Gasteiger partial charge in [0.25, 0.3) is 0 Å². The van der Waals surface area contributed by atoms with Crippen LogP contribution in [0, 0.1) is 0 Å². The zero-order chi connectivity index (χ0) is 13.8. The standard InChI is InChI=1S/C10H13N7O2/c1-11-9(18)3-10(19)14-8-5-13-17(15-8)7-4-12-16(2)6-7/h4-6H,3H2,1-2H3,(H,11,18)(H,14,15,19). The maximum Gasteiger partial charge on any atom is 0.235 e. The first-order chi connectivity index (χ1) is 9.08. The van der Waals surface area contributed by atoms with Crippen LogP contribution in [0.25, 0.3) is 5.69 Å². The minimum Gasteiger partial charge on any atom is -0.359 e. The SMILES string of the molecule is CNC(=O)CC(=O)Nc1cnn(-c2cnn(C)c2)n1. The average Bonchev–Trinajstić information content (AvgIpc) is 2.97. The van der Waals surface area contributed by atoms with Gasteiger partial charge in [0.15, 0.2) is 5.82 Å². The van der Waals surface area contributed by atoms with Gasteiger partial charge >= 0.3 is 0 Å². The fourth-order valence-electron chi connectivity index (χ4n) is 1.38. The molecule has 0 aliphatic rings. The summed E-state index contributed by atoms with van der Waals surface area (Å²) in [5, 5.41) is 16.9. The molecule has 2 N–H and O–H groups in total. The summed E-state index contributed by atoms with van der Waals surface area (Å²) in [5.41, 5.74) is 0.675. The molecule has 2 rings (SSSR count). The molecule has 0 fully saturated rings. The molecule has 2 aromatic rings. The van der Waals surface area contributed by atoms with Crippen LogP contribution in [0.15, 0.2) is 18.6 Å². The molecule has 2 aromatic heterocycles. The van der Waals surface area contributed by atoms with Crippen molar-refractivity contribution >= 4 is 17.6 Å². The summed E-state index contributed by atoms with van der Waals surface area (Å²) >= 11 is 0. The molecular formula is C10H13N7O2. The summed E-state index contributed by atoms with van der Waals surface area (Å²) in [4.78, 5) is 23.8. The molecule has 0 spiro atoms. The van der Waals surface area contributed by atoms with E-state index in [2.05, 4.69) is 25.9 Å². The lowest BCUT2D eigenvalue weighted by Gasteiger charge is -1.99. The third-order valence-corrected chi connectivity index (χ3v) is 2.28. The molecule has 19 heavy (non-hydrogen) atoms. The number of anilines is 1. The number of carbonyl (C=O) groups is 2. The fourth-order valence-corrected chi connectivity index (χ4v) is 1.38. The van der Waals surface area contributed by atoms with Crippen molar-refractivity contribution in [3.63, 3.8) is 0 Å². The second kappa shape index (κ2) is 5.29.